The van der Waals surface area contributed by atoms with Gasteiger partial charge in [0.25, 0.3) is 0 Å². The van der Waals surface area contributed by atoms with Gasteiger partial charge in [-0.25, -0.2) is 0 Å². The van der Waals surface area contributed by atoms with Crippen LogP contribution in [0.2, 0.25) is 0 Å². The lowest BCUT2D eigenvalue weighted by Gasteiger charge is -2.09. The summed E-state index contributed by atoms with van der Waals surface area (Å²) in [5, 5.41) is 0. The number of aryl methyl sites for hydroxylation is 2. The Morgan fingerprint density at radius 2 is 1.56 bits per heavy atom. The van der Waals surface area contributed by atoms with Crippen molar-refractivity contribution in [3.8, 4) is 11.5 Å². The summed E-state index contributed by atoms with van der Waals surface area (Å²) in [6, 6.07) is 12.1. The molecule has 2 N–H and O–H groups in total. The quantitative estimate of drug-likeness (QED) is 0.916. The molecule has 0 aliphatic heterocycles. The Kier molecular flexibility index (Phi) is 4.04. The fourth-order valence-electron chi connectivity index (χ4n) is 1.93. The van der Waals surface area contributed by atoms with Gasteiger partial charge in [0.05, 0.1) is 0 Å². The fourth-order valence-corrected chi connectivity index (χ4v) is 2.45. The van der Waals surface area contributed by atoms with Crippen LogP contribution in [-0.4, -0.2) is 0 Å². The number of hydrogen-bond acceptors (Lipinski definition) is 2. The molecule has 0 aromatic heterocycles. The van der Waals surface area contributed by atoms with Crippen molar-refractivity contribution in [2.75, 3.05) is 0 Å². The minimum atomic E-state index is 0.503. The first-order valence-corrected chi connectivity index (χ1v) is 6.62. The summed E-state index contributed by atoms with van der Waals surface area (Å²) in [6.45, 7) is 4.63. The molecule has 0 atom stereocenters. The maximum Gasteiger partial charge on any atom is 0.128 e. The molecule has 2 aromatic carbocycles. The minimum absolute atomic E-state index is 0.503. The first-order chi connectivity index (χ1) is 8.56. The van der Waals surface area contributed by atoms with Gasteiger partial charge in [0.15, 0.2) is 0 Å². The molecule has 0 fully saturated rings. The average Bonchev–Trinajstić information content (AvgIpc) is 2.26. The first-order valence-electron chi connectivity index (χ1n) is 5.82. The van der Waals surface area contributed by atoms with Crippen LogP contribution in [0.15, 0.2) is 40.9 Å². The maximum atomic E-state index is 5.88. The number of benzene rings is 2. The van der Waals surface area contributed by atoms with Crippen LogP contribution < -0.4 is 10.5 Å². The van der Waals surface area contributed by atoms with Gasteiger partial charge in [-0.05, 0) is 60.9 Å². The molecule has 0 amide bonds. The molecular formula is C15H16BrNO. The van der Waals surface area contributed by atoms with Gasteiger partial charge < -0.3 is 10.5 Å². The molecule has 2 aromatic rings. The number of rotatable bonds is 3. The summed E-state index contributed by atoms with van der Waals surface area (Å²) < 4.78 is 6.85. The largest absolute Gasteiger partial charge is 0.457 e. The predicted molar refractivity (Wildman–Crippen MR) is 78.0 cm³/mol. The molecule has 0 radical (unpaired) electrons. The monoisotopic (exact) mass is 305 g/mol. The number of hydrogen-bond donors (Lipinski definition) is 1. The van der Waals surface area contributed by atoms with E-state index >= 15 is 0 Å². The lowest BCUT2D eigenvalue weighted by Crippen LogP contribution is -1.96. The normalized spacial score (nSPS) is 10.4. The molecule has 0 heterocycles. The molecule has 0 unspecified atom stereocenters. The minimum Gasteiger partial charge on any atom is -0.457 e. The van der Waals surface area contributed by atoms with Gasteiger partial charge >= 0.3 is 0 Å². The van der Waals surface area contributed by atoms with Gasteiger partial charge in [-0.3, -0.25) is 0 Å². The number of halogens is 1. The summed E-state index contributed by atoms with van der Waals surface area (Å²) in [4.78, 5) is 0. The van der Waals surface area contributed by atoms with Crippen LogP contribution in [0.3, 0.4) is 0 Å². The van der Waals surface area contributed by atoms with Crippen molar-refractivity contribution in [2.24, 2.45) is 5.73 Å². The first kappa shape index (κ1) is 13.1. The smallest absolute Gasteiger partial charge is 0.128 e. The Morgan fingerprint density at radius 1 is 0.944 bits per heavy atom. The second-order valence-electron chi connectivity index (χ2n) is 4.42. The third-order valence-corrected chi connectivity index (χ3v) is 3.06. The van der Waals surface area contributed by atoms with E-state index in [0.717, 1.165) is 21.5 Å². The van der Waals surface area contributed by atoms with E-state index in [2.05, 4.69) is 35.8 Å². The van der Waals surface area contributed by atoms with Crippen LogP contribution in [0.25, 0.3) is 0 Å². The lowest BCUT2D eigenvalue weighted by atomic mass is 10.1. The molecule has 0 aliphatic rings. The second-order valence-corrected chi connectivity index (χ2v) is 5.34. The van der Waals surface area contributed by atoms with E-state index in [-0.39, 0.29) is 0 Å². The molecule has 18 heavy (non-hydrogen) atoms. The average molecular weight is 306 g/mol. The van der Waals surface area contributed by atoms with Crippen molar-refractivity contribution < 1.29 is 4.74 Å². The van der Waals surface area contributed by atoms with Crippen molar-refractivity contribution in [1.29, 1.82) is 0 Å². The van der Waals surface area contributed by atoms with Crippen molar-refractivity contribution in [3.05, 3.63) is 57.6 Å². The van der Waals surface area contributed by atoms with E-state index in [9.17, 15) is 0 Å². The van der Waals surface area contributed by atoms with E-state index in [4.69, 9.17) is 10.5 Å². The molecule has 0 saturated carbocycles. The van der Waals surface area contributed by atoms with Gasteiger partial charge in [0.1, 0.15) is 11.5 Å². The van der Waals surface area contributed by atoms with Gasteiger partial charge in [-0.15, -0.1) is 0 Å². The van der Waals surface area contributed by atoms with Crippen LogP contribution in [0, 0.1) is 13.8 Å². The highest BCUT2D eigenvalue weighted by Gasteiger charge is 2.02. The molecular weight excluding hydrogens is 290 g/mol. The summed E-state index contributed by atoms with van der Waals surface area (Å²) in [6.07, 6.45) is 0. The summed E-state index contributed by atoms with van der Waals surface area (Å²) in [5.74, 6) is 1.66. The van der Waals surface area contributed by atoms with Crippen LogP contribution in [0.1, 0.15) is 16.7 Å². The molecule has 2 nitrogen and oxygen atoms in total. The Balaban J connectivity index is 2.30. The van der Waals surface area contributed by atoms with E-state index < -0.39 is 0 Å². The predicted octanol–water partition coefficient (Wildman–Crippen LogP) is 4.32. The highest BCUT2D eigenvalue weighted by atomic mass is 79.9. The zero-order valence-electron chi connectivity index (χ0n) is 10.5. The zero-order chi connectivity index (χ0) is 13.1. The van der Waals surface area contributed by atoms with Gasteiger partial charge in [-0.1, -0.05) is 22.0 Å². The molecule has 0 bridgehead atoms. The number of ether oxygens (including phenoxy) is 1. The Bertz CT molecular complexity index is 546. The third-order valence-electron chi connectivity index (χ3n) is 2.60. The molecule has 0 saturated heterocycles. The van der Waals surface area contributed by atoms with Gasteiger partial charge in [0, 0.05) is 11.0 Å². The van der Waals surface area contributed by atoms with Crippen LogP contribution in [-0.2, 0) is 6.54 Å². The zero-order valence-corrected chi connectivity index (χ0v) is 12.1. The summed E-state index contributed by atoms with van der Waals surface area (Å²) >= 11 is 3.46. The number of nitrogens with two attached hydrogens (primary N) is 1. The summed E-state index contributed by atoms with van der Waals surface area (Å²) in [5.41, 5.74) is 9.09. The van der Waals surface area contributed by atoms with Gasteiger partial charge in [0.2, 0.25) is 0 Å². The SMILES string of the molecule is Cc1cc(C)cc(Oc2cc(Br)cc(CN)c2)c1. The standard InChI is InChI=1S/C15H16BrNO/c1-10-3-11(2)5-14(4-10)18-15-7-12(9-17)6-13(16)8-15/h3-8H,9,17H2,1-2H3. The van der Waals surface area contributed by atoms with Gasteiger partial charge in [-0.2, -0.15) is 0 Å². The lowest BCUT2D eigenvalue weighted by molar-refractivity contribution is 0.481. The van der Waals surface area contributed by atoms with Crippen molar-refractivity contribution in [2.45, 2.75) is 20.4 Å². The third kappa shape index (κ3) is 3.34. The Morgan fingerprint density at radius 3 is 2.17 bits per heavy atom. The molecule has 2 rings (SSSR count). The highest BCUT2D eigenvalue weighted by Crippen LogP contribution is 2.27. The van der Waals surface area contributed by atoms with E-state index in [1.807, 2.05) is 30.3 Å². The van der Waals surface area contributed by atoms with Crippen LogP contribution in [0.4, 0.5) is 0 Å². The Labute approximate surface area is 116 Å². The molecule has 3 heteroatoms. The van der Waals surface area contributed by atoms with Crippen molar-refractivity contribution in [1.82, 2.24) is 0 Å². The van der Waals surface area contributed by atoms with E-state index in [1.54, 1.807) is 0 Å². The molecule has 0 aliphatic carbocycles. The second kappa shape index (κ2) is 5.55. The molecule has 0 spiro atoms. The molecule has 94 valence electrons. The van der Waals surface area contributed by atoms with Crippen LogP contribution >= 0.6 is 15.9 Å². The maximum absolute atomic E-state index is 5.88. The van der Waals surface area contributed by atoms with E-state index in [0.29, 0.717) is 6.54 Å². The van der Waals surface area contributed by atoms with Crippen molar-refractivity contribution >= 4 is 15.9 Å². The highest BCUT2D eigenvalue weighted by molar-refractivity contribution is 9.10. The fraction of sp³-hybridized carbons (Fsp3) is 0.200. The van der Waals surface area contributed by atoms with E-state index in [1.165, 1.54) is 11.1 Å². The van der Waals surface area contributed by atoms with Crippen LogP contribution in [0.5, 0.6) is 11.5 Å². The topological polar surface area (TPSA) is 35.2 Å². The summed E-state index contributed by atoms with van der Waals surface area (Å²) in [7, 11) is 0. The van der Waals surface area contributed by atoms with Crippen molar-refractivity contribution in [3.63, 3.8) is 0 Å². The Hall–Kier alpha value is -1.32.